The fraction of sp³-hybridized carbons (Fsp3) is 0.857. The number of hydrogen-bond donors (Lipinski definition) is 0. The molecule has 2 bridgehead atoms. The van der Waals surface area contributed by atoms with E-state index in [0.29, 0.717) is 0 Å². The molecule has 0 spiro atoms. The molecule has 22 heavy (non-hydrogen) atoms. The maximum atomic E-state index is 11.5. The third-order valence-corrected chi connectivity index (χ3v) is 3.87. The lowest BCUT2D eigenvalue weighted by Crippen LogP contribution is -2.62. The summed E-state index contributed by atoms with van der Waals surface area (Å²) in [4.78, 5) is 22.6. The lowest BCUT2D eigenvalue weighted by Gasteiger charge is -2.41. The van der Waals surface area contributed by atoms with Gasteiger partial charge in [0.15, 0.2) is 11.9 Å². The van der Waals surface area contributed by atoms with Gasteiger partial charge in [-0.05, 0) is 13.8 Å². The van der Waals surface area contributed by atoms with Crippen LogP contribution in [0.25, 0.3) is 0 Å². The molecule has 8 nitrogen and oxygen atoms in total. The standard InChI is InChI=1S/C14H20O8/c1-7(15)17-6-14-12(19-8(2)16)11-10(9(20-14)5-18-14)21-13(3,4)22-11/h9-12H,5-6H2,1-4H3. The first-order valence-electron chi connectivity index (χ1n) is 7.20. The molecular weight excluding hydrogens is 296 g/mol. The van der Waals surface area contributed by atoms with Crippen molar-refractivity contribution >= 4 is 11.9 Å². The summed E-state index contributed by atoms with van der Waals surface area (Å²) >= 11 is 0. The molecule has 0 amide bonds. The van der Waals surface area contributed by atoms with Crippen LogP contribution in [-0.4, -0.2) is 61.1 Å². The number of esters is 2. The minimum absolute atomic E-state index is 0.177. The number of carbonyl (C=O) groups is 2. The van der Waals surface area contributed by atoms with Gasteiger partial charge in [0, 0.05) is 13.8 Å². The van der Waals surface area contributed by atoms with Gasteiger partial charge < -0.3 is 28.4 Å². The van der Waals surface area contributed by atoms with Crippen LogP contribution in [-0.2, 0) is 38.0 Å². The number of carbonyl (C=O) groups excluding carboxylic acids is 2. The molecule has 0 radical (unpaired) electrons. The molecule has 3 aliphatic heterocycles. The van der Waals surface area contributed by atoms with Crippen molar-refractivity contribution in [2.45, 2.75) is 63.7 Å². The smallest absolute Gasteiger partial charge is 0.303 e. The number of fused-ring (bicyclic) bond motifs is 4. The van der Waals surface area contributed by atoms with Gasteiger partial charge in [-0.1, -0.05) is 0 Å². The fourth-order valence-electron chi connectivity index (χ4n) is 3.14. The zero-order valence-electron chi connectivity index (χ0n) is 13.0. The van der Waals surface area contributed by atoms with Crippen molar-refractivity contribution < 1.29 is 38.0 Å². The van der Waals surface area contributed by atoms with Crippen molar-refractivity contribution in [2.75, 3.05) is 13.2 Å². The lowest BCUT2D eigenvalue weighted by molar-refractivity contribution is -0.297. The van der Waals surface area contributed by atoms with Crippen LogP contribution < -0.4 is 0 Å². The molecule has 8 heteroatoms. The fourth-order valence-corrected chi connectivity index (χ4v) is 3.14. The molecule has 0 aromatic rings. The summed E-state index contributed by atoms with van der Waals surface area (Å²) in [6.45, 7) is 6.21. The van der Waals surface area contributed by atoms with Gasteiger partial charge in [-0.2, -0.15) is 0 Å². The quantitative estimate of drug-likeness (QED) is 0.679. The maximum absolute atomic E-state index is 11.5. The summed E-state index contributed by atoms with van der Waals surface area (Å²) in [7, 11) is 0. The molecule has 0 saturated carbocycles. The molecule has 3 saturated heterocycles. The molecule has 124 valence electrons. The van der Waals surface area contributed by atoms with Crippen LogP contribution in [0.1, 0.15) is 27.7 Å². The average Bonchev–Trinajstić information content (AvgIpc) is 2.93. The molecule has 0 N–H and O–H groups in total. The van der Waals surface area contributed by atoms with Gasteiger partial charge in [-0.25, -0.2) is 0 Å². The van der Waals surface area contributed by atoms with Crippen LogP contribution in [0.15, 0.2) is 0 Å². The summed E-state index contributed by atoms with van der Waals surface area (Å²) in [5.74, 6) is -3.15. The second-order valence-corrected chi connectivity index (χ2v) is 6.15. The van der Waals surface area contributed by atoms with E-state index in [1.54, 1.807) is 13.8 Å². The normalized spacial score (nSPS) is 41.8. The van der Waals surface area contributed by atoms with Crippen LogP contribution >= 0.6 is 0 Å². The first-order chi connectivity index (χ1) is 10.2. The van der Waals surface area contributed by atoms with Gasteiger partial charge in [-0.3, -0.25) is 9.59 Å². The molecule has 3 fully saturated rings. The third-order valence-electron chi connectivity index (χ3n) is 3.87. The highest BCUT2D eigenvalue weighted by Crippen LogP contribution is 2.46. The Balaban J connectivity index is 1.89. The molecule has 3 heterocycles. The van der Waals surface area contributed by atoms with E-state index in [1.165, 1.54) is 13.8 Å². The SMILES string of the molecule is CC(=O)OCC12OCC(O1)C1OC(C)(C)OC1C2OC(C)=O. The molecule has 5 atom stereocenters. The van der Waals surface area contributed by atoms with E-state index in [-0.39, 0.29) is 19.3 Å². The van der Waals surface area contributed by atoms with Crippen molar-refractivity contribution in [3.8, 4) is 0 Å². The molecule has 0 aromatic heterocycles. The van der Waals surface area contributed by atoms with Crippen LogP contribution in [0.3, 0.4) is 0 Å². The number of ether oxygens (including phenoxy) is 6. The largest absolute Gasteiger partial charge is 0.460 e. The Labute approximate surface area is 127 Å². The Morgan fingerprint density at radius 1 is 1.09 bits per heavy atom. The summed E-state index contributed by atoms with van der Waals surface area (Å²) in [5.41, 5.74) is 0. The first kappa shape index (κ1) is 15.7. The summed E-state index contributed by atoms with van der Waals surface area (Å²) < 4.78 is 33.7. The summed E-state index contributed by atoms with van der Waals surface area (Å²) in [6.07, 6.45) is -2.20. The number of hydrogen-bond acceptors (Lipinski definition) is 8. The predicted molar refractivity (Wildman–Crippen MR) is 69.6 cm³/mol. The van der Waals surface area contributed by atoms with Gasteiger partial charge >= 0.3 is 11.9 Å². The van der Waals surface area contributed by atoms with E-state index in [1.807, 2.05) is 0 Å². The summed E-state index contributed by atoms with van der Waals surface area (Å²) in [6, 6.07) is 0. The van der Waals surface area contributed by atoms with E-state index in [2.05, 4.69) is 0 Å². The molecule has 3 aliphatic rings. The summed E-state index contributed by atoms with van der Waals surface area (Å²) in [5, 5.41) is 0. The average molecular weight is 316 g/mol. The van der Waals surface area contributed by atoms with Crippen LogP contribution in [0, 0.1) is 0 Å². The van der Waals surface area contributed by atoms with E-state index in [4.69, 9.17) is 28.4 Å². The van der Waals surface area contributed by atoms with Crippen molar-refractivity contribution in [1.29, 1.82) is 0 Å². The highest BCUT2D eigenvalue weighted by Gasteiger charge is 2.67. The van der Waals surface area contributed by atoms with Crippen LogP contribution in [0.5, 0.6) is 0 Å². The first-order valence-corrected chi connectivity index (χ1v) is 7.20. The zero-order valence-corrected chi connectivity index (χ0v) is 13.0. The molecule has 0 aliphatic carbocycles. The monoisotopic (exact) mass is 316 g/mol. The third kappa shape index (κ3) is 2.60. The minimum atomic E-state index is -1.35. The Morgan fingerprint density at radius 3 is 2.41 bits per heavy atom. The highest BCUT2D eigenvalue weighted by molar-refractivity contribution is 5.67. The highest BCUT2D eigenvalue weighted by atomic mass is 16.8. The van der Waals surface area contributed by atoms with Gasteiger partial charge in [0.05, 0.1) is 6.61 Å². The van der Waals surface area contributed by atoms with Gasteiger partial charge in [0.25, 0.3) is 0 Å². The Hall–Kier alpha value is -1.22. The van der Waals surface area contributed by atoms with E-state index < -0.39 is 41.8 Å². The second-order valence-electron chi connectivity index (χ2n) is 6.15. The van der Waals surface area contributed by atoms with Crippen molar-refractivity contribution in [3.63, 3.8) is 0 Å². The van der Waals surface area contributed by atoms with Gasteiger partial charge in [-0.15, -0.1) is 0 Å². The second kappa shape index (κ2) is 5.16. The van der Waals surface area contributed by atoms with Crippen molar-refractivity contribution in [2.24, 2.45) is 0 Å². The topological polar surface area (TPSA) is 89.5 Å². The van der Waals surface area contributed by atoms with Crippen molar-refractivity contribution in [3.05, 3.63) is 0 Å². The van der Waals surface area contributed by atoms with Crippen molar-refractivity contribution in [1.82, 2.24) is 0 Å². The van der Waals surface area contributed by atoms with Crippen LogP contribution in [0.2, 0.25) is 0 Å². The minimum Gasteiger partial charge on any atom is -0.460 e. The molecular formula is C14H20O8. The van der Waals surface area contributed by atoms with E-state index >= 15 is 0 Å². The van der Waals surface area contributed by atoms with Gasteiger partial charge in [0.2, 0.25) is 5.79 Å². The van der Waals surface area contributed by atoms with Crippen LogP contribution in [0.4, 0.5) is 0 Å². The molecule has 0 aromatic carbocycles. The molecule has 5 unspecified atom stereocenters. The Bertz CT molecular complexity index is 489. The van der Waals surface area contributed by atoms with E-state index in [9.17, 15) is 9.59 Å². The Kier molecular flexibility index (Phi) is 3.67. The molecule has 3 rings (SSSR count). The number of rotatable bonds is 3. The predicted octanol–water partition coefficient (Wildman–Crippen LogP) is 0.127. The van der Waals surface area contributed by atoms with Gasteiger partial charge in [0.1, 0.15) is 24.9 Å². The maximum Gasteiger partial charge on any atom is 0.303 e. The Morgan fingerprint density at radius 2 is 1.77 bits per heavy atom. The van der Waals surface area contributed by atoms with E-state index in [0.717, 1.165) is 0 Å². The zero-order chi connectivity index (χ0) is 16.1. The lowest BCUT2D eigenvalue weighted by atomic mass is 9.95.